The van der Waals surface area contributed by atoms with Gasteiger partial charge in [-0.3, -0.25) is 0 Å². The van der Waals surface area contributed by atoms with E-state index in [1.165, 1.54) is 0 Å². The molecule has 2 heterocycles. The molecule has 1 aromatic heterocycles. The summed E-state index contributed by atoms with van der Waals surface area (Å²) in [7, 11) is 0. The van der Waals surface area contributed by atoms with Gasteiger partial charge in [0, 0.05) is 18.2 Å². The van der Waals surface area contributed by atoms with Crippen molar-refractivity contribution in [3.05, 3.63) is 23.5 Å². The lowest BCUT2D eigenvalue weighted by Gasteiger charge is -2.19. The van der Waals surface area contributed by atoms with Crippen LogP contribution in [0.3, 0.4) is 0 Å². The van der Waals surface area contributed by atoms with Crippen molar-refractivity contribution in [1.82, 2.24) is 20.2 Å². The average Bonchev–Trinajstić information content (AvgIpc) is 3.12. The maximum absolute atomic E-state index is 14.4. The Labute approximate surface area is 122 Å². The normalized spacial score (nSPS) is 19.9. The number of tetrazole rings is 1. The van der Waals surface area contributed by atoms with E-state index in [9.17, 15) is 4.39 Å². The molecule has 1 saturated heterocycles. The zero-order valence-electron chi connectivity index (χ0n) is 12.1. The molecule has 1 aromatic carbocycles. The summed E-state index contributed by atoms with van der Waals surface area (Å²) in [4.78, 5) is 0. The molecule has 0 amide bonds. The first-order chi connectivity index (χ1) is 10.1. The summed E-state index contributed by atoms with van der Waals surface area (Å²) < 4.78 is 21.4. The fourth-order valence-corrected chi connectivity index (χ4v) is 2.74. The maximum atomic E-state index is 14.4. The Balaban J connectivity index is 2.03. The number of aromatic nitrogens is 4. The predicted octanol–water partition coefficient (Wildman–Crippen LogP) is 1.97. The minimum absolute atomic E-state index is 0.0404. The Morgan fingerprint density at radius 1 is 1.48 bits per heavy atom. The topological polar surface area (TPSA) is 78.9 Å². The molecule has 1 aliphatic heterocycles. The van der Waals surface area contributed by atoms with Crippen molar-refractivity contribution in [2.24, 2.45) is 5.92 Å². The minimum atomic E-state index is -0.338. The second-order valence-electron chi connectivity index (χ2n) is 5.51. The fraction of sp³-hybridized carbons (Fsp3) is 0.500. The summed E-state index contributed by atoms with van der Waals surface area (Å²) in [6, 6.07) is 3.21. The summed E-state index contributed by atoms with van der Waals surface area (Å²) >= 11 is 0. The highest BCUT2D eigenvalue weighted by Gasteiger charge is 2.27. The largest absolute Gasteiger partial charge is 0.399 e. The SMILES string of the molecule is Cc1cc(N)cc(-c2nnnn2C(C)C2CCOC2)c1F. The van der Waals surface area contributed by atoms with Crippen LogP contribution in [-0.4, -0.2) is 33.4 Å². The van der Waals surface area contributed by atoms with E-state index in [2.05, 4.69) is 15.5 Å². The van der Waals surface area contributed by atoms with Gasteiger partial charge >= 0.3 is 0 Å². The summed E-state index contributed by atoms with van der Waals surface area (Å²) in [6.45, 7) is 5.13. The van der Waals surface area contributed by atoms with Crippen molar-refractivity contribution in [2.75, 3.05) is 18.9 Å². The van der Waals surface area contributed by atoms with Gasteiger partial charge in [0.25, 0.3) is 0 Å². The van der Waals surface area contributed by atoms with Gasteiger partial charge in [-0.05, 0) is 48.4 Å². The number of aryl methyl sites for hydroxylation is 1. The van der Waals surface area contributed by atoms with Crippen molar-refractivity contribution in [2.45, 2.75) is 26.3 Å². The highest BCUT2D eigenvalue weighted by molar-refractivity contribution is 5.63. The summed E-state index contributed by atoms with van der Waals surface area (Å²) in [5.74, 6) is 0.398. The third-order valence-corrected chi connectivity index (χ3v) is 4.04. The molecule has 112 valence electrons. The first-order valence-corrected chi connectivity index (χ1v) is 6.99. The number of anilines is 1. The molecule has 0 saturated carbocycles. The third kappa shape index (κ3) is 2.49. The number of nitrogens with zero attached hydrogens (tertiary/aromatic N) is 4. The van der Waals surface area contributed by atoms with Crippen LogP contribution in [0.25, 0.3) is 11.4 Å². The van der Waals surface area contributed by atoms with Crippen LogP contribution >= 0.6 is 0 Å². The number of rotatable bonds is 3. The smallest absolute Gasteiger partial charge is 0.185 e. The van der Waals surface area contributed by atoms with Gasteiger partial charge in [0.2, 0.25) is 0 Å². The third-order valence-electron chi connectivity index (χ3n) is 4.04. The highest BCUT2D eigenvalue weighted by atomic mass is 19.1. The van der Waals surface area contributed by atoms with E-state index in [1.54, 1.807) is 23.7 Å². The highest BCUT2D eigenvalue weighted by Crippen LogP contribution is 2.31. The van der Waals surface area contributed by atoms with Gasteiger partial charge < -0.3 is 10.5 Å². The zero-order valence-corrected chi connectivity index (χ0v) is 12.1. The van der Waals surface area contributed by atoms with Crippen molar-refractivity contribution in [3.8, 4) is 11.4 Å². The van der Waals surface area contributed by atoms with Gasteiger partial charge in [0.15, 0.2) is 5.82 Å². The molecule has 0 radical (unpaired) electrons. The van der Waals surface area contributed by atoms with E-state index >= 15 is 0 Å². The van der Waals surface area contributed by atoms with Gasteiger partial charge in [-0.1, -0.05) is 0 Å². The molecule has 3 rings (SSSR count). The van der Waals surface area contributed by atoms with Gasteiger partial charge in [-0.25, -0.2) is 9.07 Å². The molecule has 1 fully saturated rings. The predicted molar refractivity (Wildman–Crippen MR) is 76.0 cm³/mol. The van der Waals surface area contributed by atoms with E-state index < -0.39 is 0 Å². The lowest BCUT2D eigenvalue weighted by atomic mass is 10.0. The summed E-state index contributed by atoms with van der Waals surface area (Å²) in [5, 5.41) is 11.7. The van der Waals surface area contributed by atoms with E-state index in [0.717, 1.165) is 13.0 Å². The van der Waals surface area contributed by atoms with E-state index in [-0.39, 0.29) is 11.9 Å². The molecule has 0 bridgehead atoms. The Hall–Kier alpha value is -2.02. The summed E-state index contributed by atoms with van der Waals surface area (Å²) in [5.41, 5.74) is 7.13. The molecule has 0 spiro atoms. The van der Waals surface area contributed by atoms with E-state index in [4.69, 9.17) is 10.5 Å². The number of halogens is 1. The Bertz CT molecular complexity index is 651. The molecule has 2 atom stereocenters. The van der Waals surface area contributed by atoms with Crippen LogP contribution in [0.4, 0.5) is 10.1 Å². The second-order valence-corrected chi connectivity index (χ2v) is 5.51. The molecular weight excluding hydrogens is 273 g/mol. The number of nitrogen functional groups attached to an aromatic ring is 1. The van der Waals surface area contributed by atoms with E-state index in [1.807, 2.05) is 6.92 Å². The van der Waals surface area contributed by atoms with Crippen LogP contribution in [0.1, 0.15) is 24.9 Å². The minimum Gasteiger partial charge on any atom is -0.399 e. The van der Waals surface area contributed by atoms with Crippen LogP contribution in [0.2, 0.25) is 0 Å². The Morgan fingerprint density at radius 2 is 2.29 bits per heavy atom. The van der Waals surface area contributed by atoms with Gasteiger partial charge in [-0.15, -0.1) is 5.10 Å². The molecule has 2 N–H and O–H groups in total. The molecule has 1 aliphatic rings. The van der Waals surface area contributed by atoms with Crippen LogP contribution in [0.15, 0.2) is 12.1 Å². The van der Waals surface area contributed by atoms with Crippen LogP contribution in [0, 0.1) is 18.7 Å². The average molecular weight is 291 g/mol. The summed E-state index contributed by atoms with van der Waals surface area (Å²) in [6.07, 6.45) is 0.957. The zero-order chi connectivity index (χ0) is 15.0. The number of hydrogen-bond acceptors (Lipinski definition) is 5. The quantitative estimate of drug-likeness (QED) is 0.875. The van der Waals surface area contributed by atoms with Gasteiger partial charge in [0.05, 0.1) is 18.2 Å². The lowest BCUT2D eigenvalue weighted by Crippen LogP contribution is -2.19. The first kappa shape index (κ1) is 13.9. The van der Waals surface area contributed by atoms with Crippen molar-refractivity contribution in [3.63, 3.8) is 0 Å². The molecular formula is C14H18FN5O. The van der Waals surface area contributed by atoms with E-state index in [0.29, 0.717) is 35.2 Å². The number of ether oxygens (including phenoxy) is 1. The Kier molecular flexibility index (Phi) is 3.59. The van der Waals surface area contributed by atoms with Crippen LogP contribution in [-0.2, 0) is 4.74 Å². The molecule has 2 unspecified atom stereocenters. The van der Waals surface area contributed by atoms with Crippen molar-refractivity contribution < 1.29 is 9.13 Å². The standard InChI is InChI=1S/C14H18FN5O/c1-8-5-11(16)6-12(13(8)15)14-17-18-19-20(14)9(2)10-3-4-21-7-10/h5-6,9-10H,3-4,7,16H2,1-2H3. The number of benzene rings is 1. The molecule has 21 heavy (non-hydrogen) atoms. The molecule has 6 nitrogen and oxygen atoms in total. The van der Waals surface area contributed by atoms with Crippen molar-refractivity contribution in [1.29, 1.82) is 0 Å². The van der Waals surface area contributed by atoms with Crippen LogP contribution in [0.5, 0.6) is 0 Å². The molecule has 7 heteroatoms. The monoisotopic (exact) mass is 291 g/mol. The first-order valence-electron chi connectivity index (χ1n) is 6.99. The Morgan fingerprint density at radius 3 is 3.00 bits per heavy atom. The number of nitrogens with two attached hydrogens (primary N) is 1. The molecule has 0 aliphatic carbocycles. The fourth-order valence-electron chi connectivity index (χ4n) is 2.74. The molecule has 2 aromatic rings. The lowest BCUT2D eigenvalue weighted by molar-refractivity contribution is 0.173. The maximum Gasteiger partial charge on any atom is 0.185 e. The van der Waals surface area contributed by atoms with Gasteiger partial charge in [-0.2, -0.15) is 0 Å². The number of hydrogen-bond donors (Lipinski definition) is 1. The van der Waals surface area contributed by atoms with Crippen LogP contribution < -0.4 is 5.73 Å². The van der Waals surface area contributed by atoms with Crippen molar-refractivity contribution >= 4 is 5.69 Å². The second kappa shape index (κ2) is 5.40. The van der Waals surface area contributed by atoms with Gasteiger partial charge in [0.1, 0.15) is 5.82 Å².